The number of hydrogen-bond donors (Lipinski definition) is 0. The van der Waals surface area contributed by atoms with Crippen molar-refractivity contribution in [3.05, 3.63) is 18.0 Å². The van der Waals surface area contributed by atoms with Gasteiger partial charge in [0.1, 0.15) is 0 Å². The largest absolute Gasteiger partial charge is 0.469 e. The molecule has 0 amide bonds. The second-order valence-electron chi connectivity index (χ2n) is 4.56. The van der Waals surface area contributed by atoms with Gasteiger partial charge in [-0.25, -0.2) is 0 Å². The number of hydrogen-bond acceptors (Lipinski definition) is 4. The Morgan fingerprint density at radius 1 is 1.50 bits per heavy atom. The molecule has 0 fully saturated rings. The van der Waals surface area contributed by atoms with Gasteiger partial charge in [0, 0.05) is 28.8 Å². The molecule has 0 saturated heterocycles. The van der Waals surface area contributed by atoms with Crippen LogP contribution in [0.3, 0.4) is 0 Å². The standard InChI is InChI=1S/C12H20N2O3S/c1-9(2)14-6-5-11(13-14)8-18(16)7-10(3)12(15)17-4/h5-6,9-10H,7-8H2,1-4H3. The molecule has 0 N–H and O–H groups in total. The monoisotopic (exact) mass is 272 g/mol. The summed E-state index contributed by atoms with van der Waals surface area (Å²) in [6, 6.07) is 2.15. The predicted molar refractivity (Wildman–Crippen MR) is 70.5 cm³/mol. The highest BCUT2D eigenvalue weighted by atomic mass is 32.2. The fourth-order valence-corrected chi connectivity index (χ4v) is 2.81. The first-order chi connectivity index (χ1) is 8.43. The smallest absolute Gasteiger partial charge is 0.309 e. The molecule has 2 unspecified atom stereocenters. The minimum atomic E-state index is -1.10. The molecule has 102 valence electrons. The van der Waals surface area contributed by atoms with E-state index in [1.807, 2.05) is 30.8 Å². The van der Waals surface area contributed by atoms with Crippen LogP contribution in [0.5, 0.6) is 0 Å². The van der Waals surface area contributed by atoms with E-state index in [-0.39, 0.29) is 11.9 Å². The lowest BCUT2D eigenvalue weighted by molar-refractivity contribution is -0.144. The summed E-state index contributed by atoms with van der Waals surface area (Å²) in [7, 11) is 0.240. The van der Waals surface area contributed by atoms with Gasteiger partial charge in [0.05, 0.1) is 24.5 Å². The van der Waals surface area contributed by atoms with E-state index in [1.54, 1.807) is 6.92 Å². The fourth-order valence-electron chi connectivity index (χ4n) is 1.51. The zero-order valence-electron chi connectivity index (χ0n) is 11.3. The Bertz CT molecular complexity index is 429. The first kappa shape index (κ1) is 14.9. The summed E-state index contributed by atoms with van der Waals surface area (Å²) >= 11 is 0. The van der Waals surface area contributed by atoms with Crippen LogP contribution in [0.4, 0.5) is 0 Å². The summed E-state index contributed by atoms with van der Waals surface area (Å²) in [5.74, 6) is 0.0153. The molecule has 0 aliphatic carbocycles. The SMILES string of the molecule is COC(=O)C(C)CS(=O)Cc1ccn(C(C)C)n1. The van der Waals surface area contributed by atoms with Crippen LogP contribution >= 0.6 is 0 Å². The molecule has 18 heavy (non-hydrogen) atoms. The number of carbonyl (C=O) groups is 1. The van der Waals surface area contributed by atoms with Crippen molar-refractivity contribution < 1.29 is 13.7 Å². The van der Waals surface area contributed by atoms with Gasteiger partial charge in [0.15, 0.2) is 0 Å². The van der Waals surface area contributed by atoms with Gasteiger partial charge in [-0.05, 0) is 19.9 Å². The summed E-state index contributed by atoms with van der Waals surface area (Å²) in [5.41, 5.74) is 0.791. The highest BCUT2D eigenvalue weighted by molar-refractivity contribution is 7.84. The van der Waals surface area contributed by atoms with Gasteiger partial charge in [0.25, 0.3) is 0 Å². The van der Waals surface area contributed by atoms with Gasteiger partial charge in [-0.2, -0.15) is 5.10 Å². The minimum Gasteiger partial charge on any atom is -0.469 e. The van der Waals surface area contributed by atoms with Gasteiger partial charge in [-0.3, -0.25) is 13.7 Å². The summed E-state index contributed by atoms with van der Waals surface area (Å²) in [5, 5.41) is 4.33. The Morgan fingerprint density at radius 2 is 2.17 bits per heavy atom. The molecular formula is C12H20N2O3S. The van der Waals surface area contributed by atoms with Crippen molar-refractivity contribution in [1.82, 2.24) is 9.78 Å². The van der Waals surface area contributed by atoms with E-state index in [0.29, 0.717) is 17.5 Å². The van der Waals surface area contributed by atoms with Crippen LogP contribution in [0.1, 0.15) is 32.5 Å². The van der Waals surface area contributed by atoms with Crippen molar-refractivity contribution >= 4 is 16.8 Å². The van der Waals surface area contributed by atoms with Crippen LogP contribution in [0.2, 0.25) is 0 Å². The number of ether oxygens (including phenoxy) is 1. The van der Waals surface area contributed by atoms with E-state index in [1.165, 1.54) is 7.11 Å². The lowest BCUT2D eigenvalue weighted by Crippen LogP contribution is -2.20. The number of carbonyl (C=O) groups excluding carboxylic acids is 1. The summed E-state index contributed by atoms with van der Waals surface area (Å²) in [4.78, 5) is 11.2. The minimum absolute atomic E-state index is 0.293. The Balaban J connectivity index is 2.51. The molecule has 1 heterocycles. The Morgan fingerprint density at radius 3 is 2.67 bits per heavy atom. The highest BCUT2D eigenvalue weighted by Gasteiger charge is 2.17. The normalized spacial score (nSPS) is 14.5. The summed E-state index contributed by atoms with van der Waals surface area (Å²) < 4.78 is 18.3. The van der Waals surface area contributed by atoms with Crippen molar-refractivity contribution in [2.75, 3.05) is 12.9 Å². The molecule has 0 aliphatic heterocycles. The Labute approximate surface area is 110 Å². The average molecular weight is 272 g/mol. The van der Waals surface area contributed by atoms with Gasteiger partial charge >= 0.3 is 5.97 Å². The first-order valence-corrected chi connectivity index (χ1v) is 7.39. The maximum absolute atomic E-state index is 11.9. The van der Waals surface area contributed by atoms with Crippen LogP contribution in [0.25, 0.3) is 0 Å². The topological polar surface area (TPSA) is 61.2 Å². The number of esters is 1. The quantitative estimate of drug-likeness (QED) is 0.737. The number of nitrogens with zero attached hydrogens (tertiary/aromatic N) is 2. The number of rotatable bonds is 6. The van der Waals surface area contributed by atoms with E-state index < -0.39 is 10.8 Å². The molecule has 0 aromatic carbocycles. The van der Waals surface area contributed by atoms with Gasteiger partial charge in [-0.15, -0.1) is 0 Å². The van der Waals surface area contributed by atoms with Crippen molar-refractivity contribution in [2.24, 2.45) is 5.92 Å². The van der Waals surface area contributed by atoms with Crippen molar-refractivity contribution in [2.45, 2.75) is 32.6 Å². The molecule has 0 aliphatic rings. The van der Waals surface area contributed by atoms with Crippen LogP contribution in [-0.2, 0) is 26.1 Å². The van der Waals surface area contributed by atoms with E-state index in [2.05, 4.69) is 9.84 Å². The predicted octanol–water partition coefficient (Wildman–Crippen LogP) is 1.52. The molecule has 0 bridgehead atoms. The Kier molecular flexibility index (Phi) is 5.53. The maximum atomic E-state index is 11.9. The van der Waals surface area contributed by atoms with Gasteiger partial charge in [-0.1, -0.05) is 6.92 Å². The van der Waals surface area contributed by atoms with Crippen LogP contribution in [-0.4, -0.2) is 32.8 Å². The second-order valence-corrected chi connectivity index (χ2v) is 6.06. The third-order valence-electron chi connectivity index (χ3n) is 2.54. The van der Waals surface area contributed by atoms with Crippen LogP contribution < -0.4 is 0 Å². The van der Waals surface area contributed by atoms with Crippen molar-refractivity contribution in [1.29, 1.82) is 0 Å². The fraction of sp³-hybridized carbons (Fsp3) is 0.667. The lowest BCUT2D eigenvalue weighted by Gasteiger charge is -2.08. The molecule has 5 nitrogen and oxygen atoms in total. The third-order valence-corrected chi connectivity index (χ3v) is 4.03. The average Bonchev–Trinajstić information content (AvgIpc) is 2.76. The molecular weight excluding hydrogens is 252 g/mol. The van der Waals surface area contributed by atoms with E-state index in [9.17, 15) is 9.00 Å². The molecule has 1 rings (SSSR count). The van der Waals surface area contributed by atoms with Crippen LogP contribution in [0, 0.1) is 5.92 Å². The first-order valence-electron chi connectivity index (χ1n) is 5.91. The molecule has 6 heteroatoms. The van der Waals surface area contributed by atoms with Crippen LogP contribution in [0.15, 0.2) is 12.3 Å². The number of aromatic nitrogens is 2. The summed E-state index contributed by atoms with van der Waals surface area (Å²) in [6.45, 7) is 5.79. The molecule has 0 spiro atoms. The van der Waals surface area contributed by atoms with Gasteiger partial charge in [0.2, 0.25) is 0 Å². The van der Waals surface area contributed by atoms with E-state index in [0.717, 1.165) is 5.69 Å². The maximum Gasteiger partial charge on any atom is 0.309 e. The van der Waals surface area contributed by atoms with E-state index in [4.69, 9.17) is 0 Å². The Hall–Kier alpha value is -1.17. The molecule has 1 aromatic rings. The highest BCUT2D eigenvalue weighted by Crippen LogP contribution is 2.08. The zero-order chi connectivity index (χ0) is 13.7. The van der Waals surface area contributed by atoms with Crippen molar-refractivity contribution in [3.8, 4) is 0 Å². The summed E-state index contributed by atoms with van der Waals surface area (Å²) in [6.07, 6.45) is 1.88. The number of methoxy groups -OCH3 is 1. The molecule has 0 radical (unpaired) electrons. The molecule has 1 aromatic heterocycles. The second kappa shape index (κ2) is 6.68. The molecule has 0 saturated carbocycles. The molecule has 2 atom stereocenters. The third kappa shape index (κ3) is 4.25. The van der Waals surface area contributed by atoms with E-state index >= 15 is 0 Å². The zero-order valence-corrected chi connectivity index (χ0v) is 12.1. The van der Waals surface area contributed by atoms with Gasteiger partial charge < -0.3 is 4.74 Å². The van der Waals surface area contributed by atoms with Crippen molar-refractivity contribution in [3.63, 3.8) is 0 Å². The lowest BCUT2D eigenvalue weighted by atomic mass is 10.2.